The van der Waals surface area contributed by atoms with Gasteiger partial charge in [0.15, 0.2) is 11.6 Å². The lowest BCUT2D eigenvalue weighted by Crippen LogP contribution is -2.14. The Balaban J connectivity index is 0.000000154. The highest BCUT2D eigenvalue weighted by atomic mass is 14.9. The third-order valence-corrected chi connectivity index (χ3v) is 25.1. The topological polar surface area (TPSA) is 77.3 Å². The Morgan fingerprint density at radius 1 is 0.127 bits per heavy atom. The van der Waals surface area contributed by atoms with E-state index in [-0.39, 0.29) is 10.8 Å². The molecule has 2 aliphatic rings. The number of hydrogen-bond donors (Lipinski definition) is 0. The molecule has 0 saturated heterocycles. The lowest BCUT2D eigenvalue weighted by molar-refractivity contribution is 0.660. The average molecular weight is 1610 g/mol. The van der Waals surface area contributed by atoms with Crippen molar-refractivity contribution in [1.82, 2.24) is 29.9 Å². The quantitative estimate of drug-likeness (QED) is 0.0959. The molecule has 6 heteroatoms. The molecule has 16 aromatic carbocycles. The molecule has 0 saturated carbocycles. The molecule has 6 nitrogen and oxygen atoms in total. The minimum Gasteiger partial charge on any atom is -0.248 e. The standard InChI is InChI=1S/C61H44N2.C59H42N4/c1-61(2)55-33-31-49(41-23-27-43(28-24-41)51-37-57(45-15-7-3-8-16-45)62-58(38-51)46-17-9-4-10-18-46)35-53(55)54-36-50(32-34-56(54)61)42-25-29-44(30-26-42)52-39-59(47-19-11-5-12-20-47)63-60(40-52)48-21-13-6-14-22-48;1-59(2)51-33-31-47(39-23-27-45(28-24-39)57-60-53(41-15-7-3-8-16-41)37-54(61-57)42-17-9-4-10-18-42)35-49(51)50-36-48(32-34-52(50)59)40-25-29-46(30-26-40)58-62-55(43-19-11-5-12-20-43)38-56(63-58)44-21-13-6-14-22-44/h3-40H,1-2H3;3-38H,1-2H3. The van der Waals surface area contributed by atoms with Gasteiger partial charge in [0.2, 0.25) is 0 Å². The van der Waals surface area contributed by atoms with Crippen molar-refractivity contribution in [2.45, 2.75) is 38.5 Å². The first-order valence-electron chi connectivity index (χ1n) is 43.2. The molecular weight excluding hydrogens is 1530 g/mol. The van der Waals surface area contributed by atoms with E-state index >= 15 is 0 Å². The molecule has 0 atom stereocenters. The number of nitrogens with zero attached hydrogens (tertiary/aromatic N) is 6. The summed E-state index contributed by atoms with van der Waals surface area (Å²) >= 11 is 0. The van der Waals surface area contributed by atoms with Crippen LogP contribution in [0, 0.1) is 0 Å². The van der Waals surface area contributed by atoms with E-state index in [1.807, 2.05) is 97.1 Å². The molecule has 0 fully saturated rings. The summed E-state index contributed by atoms with van der Waals surface area (Å²) < 4.78 is 0. The molecule has 0 radical (unpaired) electrons. The van der Waals surface area contributed by atoms with Gasteiger partial charge >= 0.3 is 0 Å². The van der Waals surface area contributed by atoms with E-state index in [9.17, 15) is 0 Å². The number of pyridine rings is 2. The van der Waals surface area contributed by atoms with Gasteiger partial charge in [0.25, 0.3) is 0 Å². The molecule has 0 spiro atoms. The third kappa shape index (κ3) is 15.3. The van der Waals surface area contributed by atoms with Crippen LogP contribution in [0.1, 0.15) is 49.9 Å². The first-order chi connectivity index (χ1) is 61.9. The minimum atomic E-state index is -0.120. The Bertz CT molecular complexity index is 6270. The summed E-state index contributed by atoms with van der Waals surface area (Å²) in [6.45, 7) is 9.37. The Morgan fingerprint density at radius 2 is 0.286 bits per heavy atom. The van der Waals surface area contributed by atoms with E-state index < -0.39 is 0 Å². The van der Waals surface area contributed by atoms with Gasteiger partial charge in [0.1, 0.15) is 0 Å². The van der Waals surface area contributed by atoms with Crippen molar-refractivity contribution in [3.05, 3.63) is 471 Å². The molecule has 22 rings (SSSR count). The zero-order chi connectivity index (χ0) is 84.7. The fourth-order valence-corrected chi connectivity index (χ4v) is 18.2. The smallest absolute Gasteiger partial charge is 0.160 e. The van der Waals surface area contributed by atoms with Crippen molar-refractivity contribution in [3.8, 4) is 202 Å². The summed E-state index contributed by atoms with van der Waals surface area (Å²) in [5.74, 6) is 1.41. The van der Waals surface area contributed by atoms with Crippen LogP contribution in [0.2, 0.25) is 0 Å². The Hall–Kier alpha value is -16.0. The zero-order valence-electron chi connectivity index (χ0n) is 70.4. The van der Waals surface area contributed by atoms with Gasteiger partial charge in [-0.15, -0.1) is 0 Å². The van der Waals surface area contributed by atoms with E-state index in [4.69, 9.17) is 29.9 Å². The van der Waals surface area contributed by atoms with Crippen molar-refractivity contribution in [2.24, 2.45) is 0 Å². The van der Waals surface area contributed by atoms with E-state index in [2.05, 4.69) is 380 Å². The van der Waals surface area contributed by atoms with Crippen LogP contribution in [-0.2, 0) is 10.8 Å². The van der Waals surface area contributed by atoms with Gasteiger partial charge in [-0.3, -0.25) is 0 Å². The van der Waals surface area contributed by atoms with Crippen molar-refractivity contribution >= 4 is 0 Å². The van der Waals surface area contributed by atoms with Gasteiger partial charge in [-0.25, -0.2) is 29.9 Å². The van der Waals surface area contributed by atoms with Gasteiger partial charge in [-0.05, 0) is 172 Å². The van der Waals surface area contributed by atoms with E-state index in [0.717, 1.165) is 135 Å². The SMILES string of the molecule is CC1(C)c2ccc(-c3ccc(-c4cc(-c5ccccc5)nc(-c5ccccc5)c4)cc3)cc2-c2cc(-c3ccc(-c4cc(-c5ccccc5)nc(-c5ccccc5)c4)cc3)ccc21.CC1(C)c2ccc(-c3ccc(-c4nc(-c5ccccc5)cc(-c5ccccc5)n4)cc3)cc2-c2cc(-c3ccc(-c4nc(-c5ccccc5)cc(-c5ccccc5)n4)cc3)ccc21. The summed E-state index contributed by atoms with van der Waals surface area (Å²) in [5, 5.41) is 0. The molecule has 0 N–H and O–H groups in total. The van der Waals surface area contributed by atoms with Crippen LogP contribution in [0.15, 0.2) is 449 Å². The number of rotatable bonds is 16. The van der Waals surface area contributed by atoms with Crippen molar-refractivity contribution in [3.63, 3.8) is 0 Å². The predicted molar refractivity (Wildman–Crippen MR) is 522 cm³/mol. The second-order valence-corrected chi connectivity index (χ2v) is 33.7. The van der Waals surface area contributed by atoms with E-state index in [1.54, 1.807) is 0 Å². The van der Waals surface area contributed by atoms with Crippen LogP contribution in [0.4, 0.5) is 0 Å². The van der Waals surface area contributed by atoms with Crippen molar-refractivity contribution < 1.29 is 0 Å². The van der Waals surface area contributed by atoms with Crippen LogP contribution in [0.3, 0.4) is 0 Å². The molecule has 0 bridgehead atoms. The highest BCUT2D eigenvalue weighted by Gasteiger charge is 2.38. The van der Waals surface area contributed by atoms with Gasteiger partial charge < -0.3 is 0 Å². The molecule has 4 aromatic heterocycles. The van der Waals surface area contributed by atoms with Crippen LogP contribution < -0.4 is 0 Å². The third-order valence-electron chi connectivity index (χ3n) is 25.1. The van der Waals surface area contributed by atoms with Gasteiger partial charge in [-0.1, -0.05) is 416 Å². The highest BCUT2D eigenvalue weighted by molar-refractivity contribution is 5.91. The highest BCUT2D eigenvalue weighted by Crippen LogP contribution is 2.53. The summed E-state index contributed by atoms with van der Waals surface area (Å²) in [6, 6.07) is 159. The first kappa shape index (κ1) is 77.3. The molecule has 0 amide bonds. The molecule has 4 heterocycles. The minimum absolute atomic E-state index is 0.0992. The molecule has 0 unspecified atom stereocenters. The second kappa shape index (κ2) is 33.1. The normalized spacial score (nSPS) is 12.4. The average Bonchev–Trinajstić information content (AvgIpc) is 1.59. The number of aromatic nitrogens is 6. The molecule has 2 aliphatic carbocycles. The fraction of sp³-hybridized carbons (Fsp3) is 0.0500. The van der Waals surface area contributed by atoms with E-state index in [0.29, 0.717) is 11.6 Å². The van der Waals surface area contributed by atoms with Crippen LogP contribution >= 0.6 is 0 Å². The lowest BCUT2D eigenvalue weighted by atomic mass is 9.82. The predicted octanol–water partition coefficient (Wildman–Crippen LogP) is 31.0. The Labute approximate surface area is 736 Å². The second-order valence-electron chi connectivity index (χ2n) is 33.7. The largest absolute Gasteiger partial charge is 0.248 e. The van der Waals surface area contributed by atoms with Crippen LogP contribution in [0.5, 0.6) is 0 Å². The van der Waals surface area contributed by atoms with Gasteiger partial charge in [-0.2, -0.15) is 0 Å². The number of benzene rings is 16. The molecular formula is C120H86N6. The molecule has 596 valence electrons. The molecule has 20 aromatic rings. The summed E-state index contributed by atoms with van der Waals surface area (Å²) in [6.07, 6.45) is 0. The maximum Gasteiger partial charge on any atom is 0.160 e. The Kier molecular flexibility index (Phi) is 20.3. The number of fused-ring (bicyclic) bond motifs is 6. The van der Waals surface area contributed by atoms with Gasteiger partial charge in [0, 0.05) is 66.5 Å². The maximum absolute atomic E-state index is 5.09. The van der Waals surface area contributed by atoms with Crippen LogP contribution in [0.25, 0.3) is 202 Å². The first-order valence-corrected chi connectivity index (χ1v) is 43.2. The maximum atomic E-state index is 5.09. The fourth-order valence-electron chi connectivity index (χ4n) is 18.2. The zero-order valence-corrected chi connectivity index (χ0v) is 70.4. The lowest BCUT2D eigenvalue weighted by Gasteiger charge is -2.21. The Morgan fingerprint density at radius 3 is 0.476 bits per heavy atom. The van der Waals surface area contributed by atoms with Crippen molar-refractivity contribution in [2.75, 3.05) is 0 Å². The van der Waals surface area contributed by atoms with Crippen molar-refractivity contribution in [1.29, 1.82) is 0 Å². The summed E-state index contributed by atoms with van der Waals surface area (Å²) in [7, 11) is 0. The molecule has 0 aliphatic heterocycles. The summed E-state index contributed by atoms with van der Waals surface area (Å²) in [4.78, 5) is 30.4. The molecule has 126 heavy (non-hydrogen) atoms. The van der Waals surface area contributed by atoms with E-state index in [1.165, 1.54) is 77.9 Å². The van der Waals surface area contributed by atoms with Crippen LogP contribution in [-0.4, -0.2) is 29.9 Å². The monoisotopic (exact) mass is 1610 g/mol. The number of hydrogen-bond acceptors (Lipinski definition) is 6. The summed E-state index contributed by atoms with van der Waals surface area (Å²) in [5.41, 5.74) is 42.6. The van der Waals surface area contributed by atoms with Gasteiger partial charge in [0.05, 0.1) is 45.6 Å².